The van der Waals surface area contributed by atoms with E-state index in [1.807, 2.05) is 4.72 Å². The van der Waals surface area contributed by atoms with Gasteiger partial charge in [0.1, 0.15) is 23.3 Å². The molecule has 3 rings (SSSR count). The summed E-state index contributed by atoms with van der Waals surface area (Å²) in [7, 11) is -1.19. The highest BCUT2D eigenvalue weighted by Crippen LogP contribution is 2.27. The second kappa shape index (κ2) is 9.20. The molecule has 0 saturated carbocycles. The third-order valence-electron chi connectivity index (χ3n) is 4.20. The van der Waals surface area contributed by atoms with Crippen LogP contribution in [-0.4, -0.2) is 32.4 Å². The van der Waals surface area contributed by atoms with Crippen molar-refractivity contribution in [2.75, 3.05) is 24.1 Å². The predicted molar refractivity (Wildman–Crippen MR) is 110 cm³/mol. The monoisotopic (exact) mass is 474 g/mol. The lowest BCUT2D eigenvalue weighted by molar-refractivity contribution is 0.388. The van der Waals surface area contributed by atoms with Crippen LogP contribution in [0, 0.1) is 23.3 Å². The average molecular weight is 475 g/mol. The van der Waals surface area contributed by atoms with Crippen molar-refractivity contribution >= 4 is 32.9 Å². The van der Waals surface area contributed by atoms with Gasteiger partial charge in [0.05, 0.1) is 5.51 Å². The molecule has 0 aliphatic heterocycles. The molecule has 12 heteroatoms. The van der Waals surface area contributed by atoms with E-state index in [2.05, 4.69) is 10.3 Å². The van der Waals surface area contributed by atoms with Crippen molar-refractivity contribution < 1.29 is 26.0 Å². The van der Waals surface area contributed by atoms with E-state index in [-0.39, 0.29) is 35.7 Å². The van der Waals surface area contributed by atoms with Crippen LogP contribution in [0.15, 0.2) is 40.1 Å². The minimum Gasteiger partial charge on any atom is -0.381 e. The Morgan fingerprint density at radius 2 is 1.61 bits per heavy atom. The molecule has 6 nitrogen and oxygen atoms in total. The number of benzene rings is 2. The van der Waals surface area contributed by atoms with Gasteiger partial charge in [0.25, 0.3) is 10.0 Å². The fraction of sp³-hybridized carbons (Fsp3) is 0.211. The van der Waals surface area contributed by atoms with E-state index in [0.29, 0.717) is 0 Å². The average Bonchev–Trinajstić information content (AvgIpc) is 3.15. The minimum absolute atomic E-state index is 0.00332. The molecule has 0 radical (unpaired) electrons. The second-order valence-electron chi connectivity index (χ2n) is 6.83. The lowest BCUT2D eigenvalue weighted by atomic mass is 10.1. The molecular formula is C19H18F4N4O2S2. The van der Waals surface area contributed by atoms with Gasteiger partial charge in [0.15, 0.2) is 10.7 Å². The van der Waals surface area contributed by atoms with E-state index in [9.17, 15) is 26.0 Å². The fourth-order valence-electron chi connectivity index (χ4n) is 2.87. The van der Waals surface area contributed by atoms with Gasteiger partial charge in [-0.25, -0.2) is 31.0 Å². The van der Waals surface area contributed by atoms with Gasteiger partial charge in [-0.2, -0.15) is 0 Å². The summed E-state index contributed by atoms with van der Waals surface area (Å²) in [5.41, 5.74) is 1.32. The Balaban J connectivity index is 1.86. The largest absolute Gasteiger partial charge is 0.381 e. The summed E-state index contributed by atoms with van der Waals surface area (Å²) in [6.45, 7) is -0.155. The molecule has 3 aromatic rings. The fourth-order valence-corrected chi connectivity index (χ4v) is 4.55. The van der Waals surface area contributed by atoms with Crippen molar-refractivity contribution in [1.82, 2.24) is 9.88 Å². The lowest BCUT2D eigenvalue weighted by Crippen LogP contribution is -2.18. The molecule has 0 spiro atoms. The van der Waals surface area contributed by atoms with Crippen LogP contribution in [0.25, 0.3) is 0 Å². The van der Waals surface area contributed by atoms with E-state index in [1.165, 1.54) is 10.9 Å². The Morgan fingerprint density at radius 1 is 1.00 bits per heavy atom. The molecule has 0 aliphatic carbocycles. The van der Waals surface area contributed by atoms with E-state index in [4.69, 9.17) is 0 Å². The van der Waals surface area contributed by atoms with E-state index >= 15 is 0 Å². The molecule has 2 aromatic carbocycles. The highest BCUT2D eigenvalue weighted by atomic mass is 32.2. The first kappa shape index (κ1) is 23.0. The Hall–Kier alpha value is -2.70. The number of anilines is 2. The second-order valence-corrected chi connectivity index (χ2v) is 9.16. The number of sulfonamides is 1. The SMILES string of the molecule is CN(C)Cc1c(F)ccc(F)c1CNc1cc(F)c(S(=O)(=O)Nc2cscn2)c(F)c1. The standard InChI is InChI=1S/C19H18F4N4O2S2/c1-27(2)8-13-12(14(20)3-4-15(13)21)7-24-11-5-16(22)19(17(23)6-11)31(28,29)26-18-9-30-10-25-18/h3-6,9-10,24,26H,7-8H2,1-2H3. The van der Waals surface area contributed by atoms with Gasteiger partial charge in [0, 0.05) is 35.3 Å². The van der Waals surface area contributed by atoms with E-state index in [1.54, 1.807) is 19.0 Å². The summed E-state index contributed by atoms with van der Waals surface area (Å²) in [5.74, 6) is -4.06. The first-order valence-corrected chi connectivity index (χ1v) is 11.3. The lowest BCUT2D eigenvalue weighted by Gasteiger charge is -2.17. The zero-order valence-electron chi connectivity index (χ0n) is 16.4. The number of thiazole rings is 1. The molecule has 0 unspecified atom stereocenters. The van der Waals surface area contributed by atoms with Crippen molar-refractivity contribution in [2.45, 2.75) is 18.0 Å². The first-order valence-electron chi connectivity index (χ1n) is 8.83. The topological polar surface area (TPSA) is 74.3 Å². The summed E-state index contributed by atoms with van der Waals surface area (Å²) in [6.07, 6.45) is 0. The van der Waals surface area contributed by atoms with Crippen LogP contribution in [0.1, 0.15) is 11.1 Å². The van der Waals surface area contributed by atoms with Crippen molar-refractivity contribution in [1.29, 1.82) is 0 Å². The van der Waals surface area contributed by atoms with Crippen molar-refractivity contribution in [3.05, 3.63) is 69.6 Å². The number of rotatable bonds is 8. The number of hydrogen-bond acceptors (Lipinski definition) is 6. The number of nitrogens with one attached hydrogen (secondary N) is 2. The Kier molecular flexibility index (Phi) is 6.82. The van der Waals surface area contributed by atoms with Crippen LogP contribution >= 0.6 is 11.3 Å². The summed E-state index contributed by atoms with van der Waals surface area (Å²) in [6, 6.07) is 3.50. The first-order chi connectivity index (χ1) is 14.6. The Morgan fingerprint density at radius 3 is 2.16 bits per heavy atom. The van der Waals surface area contributed by atoms with Crippen LogP contribution in [0.3, 0.4) is 0 Å². The molecule has 0 fully saturated rings. The molecule has 0 bridgehead atoms. The van der Waals surface area contributed by atoms with Gasteiger partial charge in [-0.15, -0.1) is 11.3 Å². The normalized spacial score (nSPS) is 11.7. The molecule has 2 N–H and O–H groups in total. The summed E-state index contributed by atoms with van der Waals surface area (Å²) < 4.78 is 84.1. The quantitative estimate of drug-likeness (QED) is 0.480. The predicted octanol–water partition coefficient (Wildman–Crippen LogP) is 4.17. The third-order valence-corrected chi connectivity index (χ3v) is 6.19. The molecule has 0 amide bonds. The van der Waals surface area contributed by atoms with Gasteiger partial charge < -0.3 is 10.2 Å². The van der Waals surface area contributed by atoms with Gasteiger partial charge >= 0.3 is 0 Å². The maximum absolute atomic E-state index is 14.5. The molecule has 0 atom stereocenters. The smallest absolute Gasteiger partial charge is 0.268 e. The molecule has 0 saturated heterocycles. The summed E-state index contributed by atoms with van der Waals surface area (Å²) in [5, 5.41) is 3.98. The van der Waals surface area contributed by atoms with Gasteiger partial charge in [0.2, 0.25) is 0 Å². The molecule has 0 aliphatic rings. The van der Waals surface area contributed by atoms with Crippen LogP contribution in [0.2, 0.25) is 0 Å². The Bertz CT molecular complexity index is 1160. The number of aromatic nitrogens is 1. The van der Waals surface area contributed by atoms with Crippen LogP contribution in [0.4, 0.5) is 29.1 Å². The van der Waals surface area contributed by atoms with Gasteiger partial charge in [-0.1, -0.05) is 0 Å². The highest BCUT2D eigenvalue weighted by molar-refractivity contribution is 7.92. The zero-order valence-corrected chi connectivity index (χ0v) is 18.1. The van der Waals surface area contributed by atoms with Gasteiger partial charge in [-0.3, -0.25) is 4.72 Å². The number of nitrogens with zero attached hydrogens (tertiary/aromatic N) is 2. The van der Waals surface area contributed by atoms with Gasteiger partial charge in [-0.05, 0) is 38.4 Å². The molecule has 166 valence electrons. The molecular weight excluding hydrogens is 456 g/mol. The van der Waals surface area contributed by atoms with Crippen LogP contribution < -0.4 is 10.0 Å². The van der Waals surface area contributed by atoms with Crippen molar-refractivity contribution in [3.63, 3.8) is 0 Å². The van der Waals surface area contributed by atoms with E-state index < -0.39 is 38.2 Å². The maximum Gasteiger partial charge on any atom is 0.268 e. The van der Waals surface area contributed by atoms with Crippen LogP contribution in [0.5, 0.6) is 0 Å². The Labute approximate surface area is 180 Å². The minimum atomic E-state index is -4.56. The number of halogens is 4. The highest BCUT2D eigenvalue weighted by Gasteiger charge is 2.26. The summed E-state index contributed by atoms with van der Waals surface area (Å²) >= 11 is 1.10. The third kappa shape index (κ3) is 5.32. The zero-order chi connectivity index (χ0) is 22.8. The van der Waals surface area contributed by atoms with Crippen molar-refractivity contribution in [2.24, 2.45) is 0 Å². The van der Waals surface area contributed by atoms with E-state index in [0.717, 1.165) is 35.6 Å². The molecule has 31 heavy (non-hydrogen) atoms. The van der Waals surface area contributed by atoms with Crippen molar-refractivity contribution in [3.8, 4) is 0 Å². The summed E-state index contributed by atoms with van der Waals surface area (Å²) in [4.78, 5) is 4.19. The molecule has 1 heterocycles. The molecule has 1 aromatic heterocycles. The van der Waals surface area contributed by atoms with Crippen LogP contribution in [-0.2, 0) is 23.1 Å². The maximum atomic E-state index is 14.5. The number of hydrogen-bond donors (Lipinski definition) is 2.